The van der Waals surface area contributed by atoms with Crippen molar-refractivity contribution >= 4 is 33.4 Å². The summed E-state index contributed by atoms with van der Waals surface area (Å²) in [6.07, 6.45) is 0.889. The molecule has 96 valence electrons. The van der Waals surface area contributed by atoms with Crippen LogP contribution < -0.4 is 4.90 Å². The van der Waals surface area contributed by atoms with E-state index < -0.39 is 0 Å². The summed E-state index contributed by atoms with van der Waals surface area (Å²) in [6, 6.07) is 3.76. The first-order valence-electron chi connectivity index (χ1n) is 6.02. The standard InChI is InChI=1S/C14H16BrNO2/c1-8-4-12(17)16(13(18)5-8)11-6-9(2)14(15)10(3)7-11/h6-8H,4-5H2,1-3H3. The van der Waals surface area contributed by atoms with Crippen LogP contribution in [0, 0.1) is 19.8 Å². The van der Waals surface area contributed by atoms with Gasteiger partial charge in [-0.3, -0.25) is 14.5 Å². The lowest BCUT2D eigenvalue weighted by molar-refractivity contribution is -0.130. The summed E-state index contributed by atoms with van der Waals surface area (Å²) < 4.78 is 1.02. The number of carbonyl (C=O) groups is 2. The van der Waals surface area contributed by atoms with Gasteiger partial charge >= 0.3 is 0 Å². The van der Waals surface area contributed by atoms with Crippen LogP contribution in [-0.4, -0.2) is 11.8 Å². The van der Waals surface area contributed by atoms with Gasteiger partial charge in [0.15, 0.2) is 0 Å². The predicted molar refractivity (Wildman–Crippen MR) is 74.5 cm³/mol. The number of anilines is 1. The van der Waals surface area contributed by atoms with E-state index in [2.05, 4.69) is 15.9 Å². The first-order chi connectivity index (χ1) is 8.40. The lowest BCUT2D eigenvalue weighted by Crippen LogP contribution is -2.42. The fraction of sp³-hybridized carbons (Fsp3) is 0.429. The van der Waals surface area contributed by atoms with Gasteiger partial charge < -0.3 is 0 Å². The third-order valence-electron chi connectivity index (χ3n) is 3.22. The molecular weight excluding hydrogens is 294 g/mol. The van der Waals surface area contributed by atoms with Crippen molar-refractivity contribution in [2.24, 2.45) is 5.92 Å². The van der Waals surface area contributed by atoms with Gasteiger partial charge in [-0.2, -0.15) is 0 Å². The Morgan fingerprint density at radius 3 is 2.00 bits per heavy atom. The molecule has 2 rings (SSSR count). The Labute approximate surface area is 115 Å². The second kappa shape index (κ2) is 4.84. The highest BCUT2D eigenvalue weighted by Crippen LogP contribution is 2.30. The number of hydrogen-bond acceptors (Lipinski definition) is 2. The van der Waals surface area contributed by atoms with Gasteiger partial charge in [-0.15, -0.1) is 0 Å². The van der Waals surface area contributed by atoms with Gasteiger partial charge in [-0.05, 0) is 43.0 Å². The minimum absolute atomic E-state index is 0.0973. The molecule has 4 heteroatoms. The molecule has 0 aromatic heterocycles. The van der Waals surface area contributed by atoms with Crippen molar-refractivity contribution in [3.63, 3.8) is 0 Å². The fourth-order valence-corrected chi connectivity index (χ4v) is 2.56. The Hall–Kier alpha value is -1.16. The summed E-state index contributed by atoms with van der Waals surface area (Å²) in [5, 5.41) is 0. The number of benzene rings is 1. The Kier molecular flexibility index (Phi) is 3.57. The van der Waals surface area contributed by atoms with E-state index in [0.717, 1.165) is 15.6 Å². The Bertz CT molecular complexity index is 484. The van der Waals surface area contributed by atoms with E-state index >= 15 is 0 Å². The number of nitrogens with zero attached hydrogens (tertiary/aromatic N) is 1. The van der Waals surface area contributed by atoms with E-state index in [4.69, 9.17) is 0 Å². The van der Waals surface area contributed by atoms with Crippen LogP contribution in [0.1, 0.15) is 30.9 Å². The third-order valence-corrected chi connectivity index (χ3v) is 4.48. The highest BCUT2D eigenvalue weighted by Gasteiger charge is 2.31. The first-order valence-corrected chi connectivity index (χ1v) is 6.82. The maximum atomic E-state index is 12.0. The van der Waals surface area contributed by atoms with Gasteiger partial charge in [0, 0.05) is 17.3 Å². The molecule has 18 heavy (non-hydrogen) atoms. The molecule has 2 amide bonds. The second-order valence-corrected chi connectivity index (χ2v) is 5.82. The normalized spacial score (nSPS) is 17.4. The molecule has 0 saturated carbocycles. The van der Waals surface area contributed by atoms with Crippen LogP contribution in [0.2, 0.25) is 0 Å². The molecule has 0 atom stereocenters. The average Bonchev–Trinajstić information content (AvgIpc) is 2.24. The van der Waals surface area contributed by atoms with Crippen LogP contribution in [0.3, 0.4) is 0 Å². The molecule has 1 aliphatic rings. The minimum Gasteiger partial charge on any atom is -0.274 e. The molecule has 0 spiro atoms. The molecule has 0 unspecified atom stereocenters. The lowest BCUT2D eigenvalue weighted by atomic mass is 9.97. The van der Waals surface area contributed by atoms with E-state index in [1.165, 1.54) is 4.90 Å². The maximum absolute atomic E-state index is 12.0. The van der Waals surface area contributed by atoms with Crippen LogP contribution >= 0.6 is 15.9 Å². The Morgan fingerprint density at radius 1 is 1.11 bits per heavy atom. The van der Waals surface area contributed by atoms with Crippen LogP contribution in [0.4, 0.5) is 5.69 Å². The molecule has 3 nitrogen and oxygen atoms in total. The molecule has 1 aromatic rings. The van der Waals surface area contributed by atoms with Crippen LogP contribution in [0.5, 0.6) is 0 Å². The quantitative estimate of drug-likeness (QED) is 0.746. The summed E-state index contributed by atoms with van der Waals surface area (Å²) in [6.45, 7) is 5.86. The molecule has 1 fully saturated rings. The largest absolute Gasteiger partial charge is 0.274 e. The summed E-state index contributed by atoms with van der Waals surface area (Å²) >= 11 is 3.49. The Balaban J connectivity index is 2.42. The van der Waals surface area contributed by atoms with Crippen molar-refractivity contribution in [2.45, 2.75) is 33.6 Å². The van der Waals surface area contributed by atoms with E-state index in [1.807, 2.05) is 32.9 Å². The molecule has 1 aromatic carbocycles. The lowest BCUT2D eigenvalue weighted by Gasteiger charge is -2.29. The predicted octanol–water partition coefficient (Wildman–Crippen LogP) is 3.36. The number of imide groups is 1. The minimum atomic E-state index is -0.0973. The van der Waals surface area contributed by atoms with Crippen molar-refractivity contribution in [1.29, 1.82) is 0 Å². The van der Waals surface area contributed by atoms with Crippen molar-refractivity contribution in [3.05, 3.63) is 27.7 Å². The summed E-state index contributed by atoms with van der Waals surface area (Å²) in [7, 11) is 0. The number of aryl methyl sites for hydroxylation is 2. The highest BCUT2D eigenvalue weighted by atomic mass is 79.9. The molecule has 0 bridgehead atoms. The summed E-state index contributed by atoms with van der Waals surface area (Å²) in [5.41, 5.74) is 2.75. The SMILES string of the molecule is Cc1cc(N2C(=O)CC(C)CC2=O)cc(C)c1Br. The third kappa shape index (κ3) is 2.34. The van der Waals surface area contributed by atoms with Crippen LogP contribution in [0.25, 0.3) is 0 Å². The van der Waals surface area contributed by atoms with Crippen molar-refractivity contribution in [3.8, 4) is 0 Å². The first kappa shape index (κ1) is 13.3. The fourth-order valence-electron chi connectivity index (χ4n) is 2.33. The highest BCUT2D eigenvalue weighted by molar-refractivity contribution is 9.10. The number of rotatable bonds is 1. The van der Waals surface area contributed by atoms with Crippen molar-refractivity contribution in [1.82, 2.24) is 0 Å². The van der Waals surface area contributed by atoms with Crippen LogP contribution in [0.15, 0.2) is 16.6 Å². The smallest absolute Gasteiger partial charge is 0.234 e. The molecule has 0 radical (unpaired) electrons. The summed E-state index contributed by atoms with van der Waals surface area (Å²) in [4.78, 5) is 25.4. The topological polar surface area (TPSA) is 37.4 Å². The zero-order valence-corrected chi connectivity index (χ0v) is 12.4. The van der Waals surface area contributed by atoms with Gasteiger partial charge in [0.05, 0.1) is 5.69 Å². The van der Waals surface area contributed by atoms with Gasteiger partial charge in [-0.25, -0.2) is 0 Å². The zero-order valence-electron chi connectivity index (χ0n) is 10.8. The van der Waals surface area contributed by atoms with Gasteiger partial charge in [0.25, 0.3) is 0 Å². The zero-order chi connectivity index (χ0) is 13.4. The number of halogens is 1. The number of carbonyl (C=O) groups excluding carboxylic acids is 2. The molecular formula is C14H16BrNO2. The van der Waals surface area contributed by atoms with E-state index in [1.54, 1.807) is 0 Å². The maximum Gasteiger partial charge on any atom is 0.234 e. The van der Waals surface area contributed by atoms with Gasteiger partial charge in [-0.1, -0.05) is 22.9 Å². The Morgan fingerprint density at radius 2 is 1.56 bits per heavy atom. The second-order valence-electron chi connectivity index (χ2n) is 5.03. The average molecular weight is 310 g/mol. The number of hydrogen-bond donors (Lipinski definition) is 0. The molecule has 1 saturated heterocycles. The van der Waals surface area contributed by atoms with E-state index in [9.17, 15) is 9.59 Å². The molecule has 0 aliphatic carbocycles. The number of piperidine rings is 1. The molecule has 0 N–H and O–H groups in total. The number of amides is 2. The van der Waals surface area contributed by atoms with Gasteiger partial charge in [0.2, 0.25) is 11.8 Å². The summed E-state index contributed by atoms with van der Waals surface area (Å²) in [5.74, 6) is -0.0429. The van der Waals surface area contributed by atoms with E-state index in [-0.39, 0.29) is 17.7 Å². The van der Waals surface area contributed by atoms with E-state index in [0.29, 0.717) is 18.5 Å². The van der Waals surface area contributed by atoms with Gasteiger partial charge in [0.1, 0.15) is 0 Å². The molecule has 1 heterocycles. The monoisotopic (exact) mass is 309 g/mol. The van der Waals surface area contributed by atoms with Crippen molar-refractivity contribution < 1.29 is 9.59 Å². The van der Waals surface area contributed by atoms with Crippen molar-refractivity contribution in [2.75, 3.05) is 4.90 Å². The molecule has 1 aliphatic heterocycles. The van der Waals surface area contributed by atoms with Crippen LogP contribution in [-0.2, 0) is 9.59 Å².